The fourth-order valence-electron chi connectivity index (χ4n) is 2.05. The molecule has 0 bridgehead atoms. The Morgan fingerprint density at radius 1 is 1.27 bits per heavy atom. The van der Waals surface area contributed by atoms with E-state index in [9.17, 15) is 4.79 Å². The molecule has 0 aliphatic rings. The van der Waals surface area contributed by atoms with Gasteiger partial charge in [-0.1, -0.05) is 29.3 Å². The number of nitrogens with zero attached hydrogens (tertiary/aromatic N) is 1. The third-order valence-corrected chi connectivity index (χ3v) is 3.71. The van der Waals surface area contributed by atoms with Gasteiger partial charge in [0.15, 0.2) is 0 Å². The number of amides is 1. The van der Waals surface area contributed by atoms with E-state index >= 15 is 0 Å². The number of benzene rings is 1. The monoisotopic (exact) mass is 340 g/mol. The number of hydrogen-bond acceptors (Lipinski definition) is 3. The molecule has 0 unspecified atom stereocenters. The van der Waals surface area contributed by atoms with Crippen LogP contribution >= 0.6 is 23.2 Å². The first kappa shape index (κ1) is 16.9. The van der Waals surface area contributed by atoms with Crippen LogP contribution in [-0.4, -0.2) is 24.4 Å². The zero-order valence-electron chi connectivity index (χ0n) is 12.5. The number of furan rings is 1. The minimum Gasteiger partial charge on any atom is -0.465 e. The number of rotatable bonds is 6. The summed E-state index contributed by atoms with van der Waals surface area (Å²) in [7, 11) is 1.87. The van der Waals surface area contributed by atoms with Gasteiger partial charge in [0.25, 0.3) is 0 Å². The number of likely N-dealkylation sites (N-methyl/N-ethyl adjacent to an activating group) is 1. The van der Waals surface area contributed by atoms with Gasteiger partial charge in [-0.2, -0.15) is 0 Å². The summed E-state index contributed by atoms with van der Waals surface area (Å²) in [6.07, 6.45) is 0. The Bertz CT molecular complexity index is 655. The molecular weight excluding hydrogens is 323 g/mol. The fourth-order valence-corrected chi connectivity index (χ4v) is 2.53. The molecule has 118 valence electrons. The normalized spacial score (nSPS) is 11.0. The highest BCUT2D eigenvalue weighted by molar-refractivity contribution is 6.35. The molecular formula is C16H18Cl2N2O2. The van der Waals surface area contributed by atoms with Crippen molar-refractivity contribution in [1.82, 2.24) is 10.2 Å². The van der Waals surface area contributed by atoms with Gasteiger partial charge in [-0.15, -0.1) is 0 Å². The summed E-state index contributed by atoms with van der Waals surface area (Å²) in [4.78, 5) is 13.8. The van der Waals surface area contributed by atoms with Crippen molar-refractivity contribution in [3.05, 3.63) is 57.5 Å². The van der Waals surface area contributed by atoms with E-state index in [4.69, 9.17) is 27.6 Å². The van der Waals surface area contributed by atoms with Gasteiger partial charge in [-0.05, 0) is 43.8 Å². The molecule has 0 saturated carbocycles. The van der Waals surface area contributed by atoms with Crippen molar-refractivity contribution in [2.75, 3.05) is 13.6 Å². The summed E-state index contributed by atoms with van der Waals surface area (Å²) in [5.41, 5.74) is 0.837. The van der Waals surface area contributed by atoms with Gasteiger partial charge in [-0.3, -0.25) is 9.69 Å². The predicted molar refractivity (Wildman–Crippen MR) is 88.1 cm³/mol. The Balaban J connectivity index is 1.79. The fraction of sp³-hybridized carbons (Fsp3) is 0.312. The molecule has 1 heterocycles. The van der Waals surface area contributed by atoms with Gasteiger partial charge >= 0.3 is 0 Å². The Labute approximate surface area is 140 Å². The lowest BCUT2D eigenvalue weighted by molar-refractivity contribution is -0.122. The van der Waals surface area contributed by atoms with Gasteiger partial charge in [0.2, 0.25) is 5.91 Å². The molecule has 1 N–H and O–H groups in total. The average Bonchev–Trinajstić information content (AvgIpc) is 2.82. The highest BCUT2D eigenvalue weighted by Gasteiger charge is 2.10. The van der Waals surface area contributed by atoms with Crippen LogP contribution in [0.25, 0.3) is 0 Å². The van der Waals surface area contributed by atoms with Gasteiger partial charge in [0, 0.05) is 16.6 Å². The second-order valence-corrected chi connectivity index (χ2v) is 6.04. The number of carbonyl (C=O) groups is 1. The van der Waals surface area contributed by atoms with E-state index in [-0.39, 0.29) is 12.5 Å². The average molecular weight is 341 g/mol. The van der Waals surface area contributed by atoms with Crippen LogP contribution < -0.4 is 5.32 Å². The van der Waals surface area contributed by atoms with Crippen molar-refractivity contribution >= 4 is 29.1 Å². The zero-order valence-corrected chi connectivity index (χ0v) is 14.0. The number of hydrogen-bond donors (Lipinski definition) is 1. The summed E-state index contributed by atoms with van der Waals surface area (Å²) < 4.78 is 5.49. The SMILES string of the molecule is Cc1ccc(CN(C)CC(=O)NCc2ccc(Cl)cc2Cl)o1. The smallest absolute Gasteiger partial charge is 0.234 e. The van der Waals surface area contributed by atoms with E-state index < -0.39 is 0 Å². The first-order chi connectivity index (χ1) is 10.4. The molecule has 0 atom stereocenters. The van der Waals surface area contributed by atoms with Gasteiger partial charge < -0.3 is 9.73 Å². The molecule has 2 rings (SSSR count). The maximum Gasteiger partial charge on any atom is 0.234 e. The van der Waals surface area contributed by atoms with Crippen molar-refractivity contribution < 1.29 is 9.21 Å². The molecule has 1 amide bonds. The van der Waals surface area contributed by atoms with Crippen LogP contribution in [0.2, 0.25) is 10.0 Å². The van der Waals surface area contributed by atoms with Crippen molar-refractivity contribution in [3.63, 3.8) is 0 Å². The summed E-state index contributed by atoms with van der Waals surface area (Å²) in [5, 5.41) is 3.97. The number of carbonyl (C=O) groups excluding carboxylic acids is 1. The maximum absolute atomic E-state index is 11.9. The van der Waals surface area contributed by atoms with E-state index in [1.807, 2.05) is 31.0 Å². The summed E-state index contributed by atoms with van der Waals surface area (Å²) in [5.74, 6) is 1.63. The van der Waals surface area contributed by atoms with Crippen molar-refractivity contribution in [1.29, 1.82) is 0 Å². The van der Waals surface area contributed by atoms with Crippen LogP contribution in [-0.2, 0) is 17.9 Å². The molecule has 1 aromatic heterocycles. The molecule has 6 heteroatoms. The first-order valence-electron chi connectivity index (χ1n) is 6.88. The van der Waals surface area contributed by atoms with Crippen molar-refractivity contribution in [3.8, 4) is 0 Å². The lowest BCUT2D eigenvalue weighted by Crippen LogP contribution is -2.34. The molecule has 22 heavy (non-hydrogen) atoms. The van der Waals surface area contributed by atoms with E-state index in [2.05, 4.69) is 5.32 Å². The van der Waals surface area contributed by atoms with Crippen LogP contribution in [0.1, 0.15) is 17.1 Å². The molecule has 0 fully saturated rings. The second kappa shape index (κ2) is 7.68. The lowest BCUT2D eigenvalue weighted by Gasteiger charge is -2.15. The standard InChI is InChI=1S/C16H18Cl2N2O2/c1-11-3-6-14(22-11)9-20(2)10-16(21)19-8-12-4-5-13(17)7-15(12)18/h3-7H,8-10H2,1-2H3,(H,19,21). The molecule has 0 aliphatic heterocycles. The Kier molecular flexibility index (Phi) is 5.89. The van der Waals surface area contributed by atoms with Crippen LogP contribution in [0.3, 0.4) is 0 Å². The second-order valence-electron chi connectivity index (χ2n) is 5.20. The minimum absolute atomic E-state index is 0.0724. The van der Waals surface area contributed by atoms with Gasteiger partial charge in [-0.25, -0.2) is 0 Å². The third kappa shape index (κ3) is 5.05. The molecule has 0 spiro atoms. The number of aryl methyl sites for hydroxylation is 1. The van der Waals surface area contributed by atoms with E-state index in [1.54, 1.807) is 18.2 Å². The quantitative estimate of drug-likeness (QED) is 0.872. The Morgan fingerprint density at radius 2 is 2.05 bits per heavy atom. The van der Waals surface area contributed by atoms with Gasteiger partial charge in [0.05, 0.1) is 13.1 Å². The largest absolute Gasteiger partial charge is 0.465 e. The third-order valence-electron chi connectivity index (χ3n) is 3.13. The van der Waals surface area contributed by atoms with Crippen LogP contribution in [0.5, 0.6) is 0 Å². The van der Waals surface area contributed by atoms with Crippen LogP contribution in [0, 0.1) is 6.92 Å². The minimum atomic E-state index is -0.0724. The number of nitrogens with one attached hydrogen (secondary N) is 1. The summed E-state index contributed by atoms with van der Waals surface area (Å²) >= 11 is 11.9. The Morgan fingerprint density at radius 3 is 2.68 bits per heavy atom. The lowest BCUT2D eigenvalue weighted by atomic mass is 10.2. The van der Waals surface area contributed by atoms with Crippen molar-refractivity contribution in [2.24, 2.45) is 0 Å². The molecule has 2 aromatic rings. The van der Waals surface area contributed by atoms with Crippen LogP contribution in [0.4, 0.5) is 0 Å². The van der Waals surface area contributed by atoms with Crippen molar-refractivity contribution in [2.45, 2.75) is 20.0 Å². The molecule has 1 aromatic carbocycles. The zero-order chi connectivity index (χ0) is 16.1. The molecule has 0 radical (unpaired) electrons. The maximum atomic E-state index is 11.9. The predicted octanol–water partition coefficient (Wildman–Crippen LogP) is 3.64. The molecule has 0 saturated heterocycles. The molecule has 4 nitrogen and oxygen atoms in total. The van der Waals surface area contributed by atoms with E-state index in [0.29, 0.717) is 23.1 Å². The number of halogens is 2. The highest BCUT2D eigenvalue weighted by Crippen LogP contribution is 2.20. The summed E-state index contributed by atoms with van der Waals surface area (Å²) in [6.45, 7) is 3.14. The van der Waals surface area contributed by atoms with Crippen LogP contribution in [0.15, 0.2) is 34.7 Å². The topological polar surface area (TPSA) is 45.5 Å². The molecule has 0 aliphatic carbocycles. The Hall–Kier alpha value is -1.49. The van der Waals surface area contributed by atoms with E-state index in [1.165, 1.54) is 0 Å². The highest BCUT2D eigenvalue weighted by atomic mass is 35.5. The first-order valence-corrected chi connectivity index (χ1v) is 7.64. The summed E-state index contributed by atoms with van der Waals surface area (Å²) in [6, 6.07) is 9.04. The van der Waals surface area contributed by atoms with E-state index in [0.717, 1.165) is 17.1 Å². The van der Waals surface area contributed by atoms with Gasteiger partial charge in [0.1, 0.15) is 11.5 Å².